The third-order valence-electron chi connectivity index (χ3n) is 5.62. The fourth-order valence-electron chi connectivity index (χ4n) is 3.79. The Morgan fingerprint density at radius 3 is 2.56 bits per heavy atom. The molecule has 1 radical (unpaired) electrons. The first-order valence-corrected chi connectivity index (χ1v) is 11.4. The van der Waals surface area contributed by atoms with Crippen molar-refractivity contribution in [1.82, 2.24) is 15.1 Å². The average Bonchev–Trinajstić information content (AvgIpc) is 3.32. The minimum absolute atomic E-state index is 0.000533. The fourth-order valence-corrected chi connectivity index (χ4v) is 4.28. The molecule has 1 aliphatic carbocycles. The van der Waals surface area contributed by atoms with Crippen molar-refractivity contribution in [2.45, 2.75) is 45.4 Å². The van der Waals surface area contributed by atoms with E-state index < -0.39 is 11.9 Å². The standard InChI is InChI=1S/C22H26Cl2N3O5/c1-3-4-11-32-20-16-13(7-8-15(28)27-9-5-6-10-27)17(23)18(24)19(29)14(16)12-25-21(20)26(2)22(30)31/h12H,3-11H2,1-2H3,(H,30,31). The first kappa shape index (κ1) is 24.2. The number of hydrogen-bond donors (Lipinski definition) is 1. The third-order valence-corrected chi connectivity index (χ3v) is 6.49. The molecular weight excluding hydrogens is 457 g/mol. The maximum atomic E-state index is 12.8. The minimum atomic E-state index is -1.23. The molecule has 0 aromatic heterocycles. The highest BCUT2D eigenvalue weighted by molar-refractivity contribution is 6.52. The van der Waals surface area contributed by atoms with Crippen molar-refractivity contribution in [2.24, 2.45) is 0 Å². The number of ketones is 1. The number of unbranched alkanes of at least 4 members (excludes halogenated alkanes) is 1. The van der Waals surface area contributed by atoms with Gasteiger partial charge in [-0.05, 0) is 31.3 Å². The van der Waals surface area contributed by atoms with E-state index in [0.29, 0.717) is 17.8 Å². The molecular formula is C22H26Cl2N3O5. The fraction of sp³-hybridized carbons (Fsp3) is 0.500. The van der Waals surface area contributed by atoms with Crippen molar-refractivity contribution in [1.29, 1.82) is 0 Å². The number of ether oxygens (including phenoxy) is 1. The number of amides is 2. The molecule has 32 heavy (non-hydrogen) atoms. The zero-order valence-electron chi connectivity index (χ0n) is 18.1. The molecule has 8 nitrogen and oxygen atoms in total. The van der Waals surface area contributed by atoms with Crippen LogP contribution in [0.5, 0.6) is 0 Å². The highest BCUT2D eigenvalue weighted by Crippen LogP contribution is 2.44. The predicted molar refractivity (Wildman–Crippen MR) is 120 cm³/mol. The molecule has 1 fully saturated rings. The van der Waals surface area contributed by atoms with E-state index in [1.165, 1.54) is 13.2 Å². The molecule has 0 atom stereocenters. The molecule has 2 aliphatic heterocycles. The van der Waals surface area contributed by atoms with E-state index in [2.05, 4.69) is 5.32 Å². The number of fused-ring (bicyclic) bond motifs is 1. The lowest BCUT2D eigenvalue weighted by atomic mass is 9.86. The Kier molecular flexibility index (Phi) is 7.90. The topological polar surface area (TPSA) is 101 Å². The van der Waals surface area contributed by atoms with E-state index in [9.17, 15) is 19.5 Å². The number of rotatable bonds is 8. The van der Waals surface area contributed by atoms with Crippen LogP contribution in [0.3, 0.4) is 0 Å². The van der Waals surface area contributed by atoms with Crippen LogP contribution in [0, 0.1) is 0 Å². The highest BCUT2D eigenvalue weighted by atomic mass is 35.5. The van der Waals surface area contributed by atoms with Crippen LogP contribution in [0.4, 0.5) is 4.79 Å². The Morgan fingerprint density at radius 2 is 1.94 bits per heavy atom. The Balaban J connectivity index is 2.05. The summed E-state index contributed by atoms with van der Waals surface area (Å²) in [6.45, 7) is 3.77. The Labute approximate surface area is 197 Å². The Morgan fingerprint density at radius 1 is 1.25 bits per heavy atom. The summed E-state index contributed by atoms with van der Waals surface area (Å²) in [6, 6.07) is 0. The second-order valence-electron chi connectivity index (χ2n) is 7.77. The lowest BCUT2D eigenvalue weighted by Gasteiger charge is -2.30. The quantitative estimate of drug-likeness (QED) is 0.525. The molecule has 1 saturated heterocycles. The minimum Gasteiger partial charge on any atom is -0.489 e. The van der Waals surface area contributed by atoms with Gasteiger partial charge in [-0.2, -0.15) is 0 Å². The van der Waals surface area contributed by atoms with Gasteiger partial charge in [0, 0.05) is 38.3 Å². The van der Waals surface area contributed by atoms with Crippen LogP contribution in [0.15, 0.2) is 44.6 Å². The first-order chi connectivity index (χ1) is 15.3. The van der Waals surface area contributed by atoms with Crippen molar-refractivity contribution < 1.29 is 24.2 Å². The van der Waals surface area contributed by atoms with Gasteiger partial charge in [0.05, 0.1) is 17.2 Å². The second kappa shape index (κ2) is 10.4. The predicted octanol–water partition coefficient (Wildman–Crippen LogP) is 4.06. The van der Waals surface area contributed by atoms with Crippen molar-refractivity contribution >= 4 is 41.0 Å². The summed E-state index contributed by atoms with van der Waals surface area (Å²) in [6.07, 6.45) is 4.02. The van der Waals surface area contributed by atoms with Crippen molar-refractivity contribution in [2.75, 3.05) is 26.7 Å². The SMILES string of the molecule is CCCCOC1=C(N(C)C(=O)O)[N]C=C2C(=O)C(Cl)=C(Cl)C(CCC(=O)N3CCCC3)=C21. The normalized spacial score (nSPS) is 18.6. The van der Waals surface area contributed by atoms with E-state index >= 15 is 0 Å². The molecule has 2 heterocycles. The Bertz CT molecular complexity index is 945. The number of carbonyl (C=O) groups excluding carboxylic acids is 2. The van der Waals surface area contributed by atoms with Gasteiger partial charge in [-0.15, -0.1) is 0 Å². The van der Waals surface area contributed by atoms with Crippen LogP contribution in [0.1, 0.15) is 45.4 Å². The van der Waals surface area contributed by atoms with E-state index in [1.54, 1.807) is 0 Å². The second-order valence-corrected chi connectivity index (χ2v) is 8.52. The van der Waals surface area contributed by atoms with E-state index in [4.69, 9.17) is 27.9 Å². The number of carbonyl (C=O) groups is 3. The van der Waals surface area contributed by atoms with E-state index in [0.717, 1.165) is 43.7 Å². The van der Waals surface area contributed by atoms with E-state index in [-0.39, 0.29) is 46.0 Å². The zero-order valence-corrected chi connectivity index (χ0v) is 19.6. The lowest BCUT2D eigenvalue weighted by Crippen LogP contribution is -2.34. The summed E-state index contributed by atoms with van der Waals surface area (Å²) in [5, 5.41) is 13.6. The molecule has 0 unspecified atom stereocenters. The maximum absolute atomic E-state index is 12.8. The molecule has 1 N–H and O–H groups in total. The molecule has 3 aliphatic rings. The molecule has 0 aromatic carbocycles. The molecule has 173 valence electrons. The molecule has 0 bridgehead atoms. The lowest BCUT2D eigenvalue weighted by molar-refractivity contribution is -0.130. The van der Waals surface area contributed by atoms with Crippen LogP contribution in [-0.4, -0.2) is 59.4 Å². The average molecular weight is 483 g/mol. The highest BCUT2D eigenvalue weighted by Gasteiger charge is 2.38. The van der Waals surface area contributed by atoms with Crippen LogP contribution in [0.2, 0.25) is 0 Å². The van der Waals surface area contributed by atoms with Crippen molar-refractivity contribution in [3.8, 4) is 0 Å². The number of Topliss-reactive ketones (excluding diaryl/α,β-unsaturated/α-hetero) is 1. The summed E-state index contributed by atoms with van der Waals surface area (Å²) in [7, 11) is 1.34. The summed E-state index contributed by atoms with van der Waals surface area (Å²) in [5.74, 6) is -0.316. The summed E-state index contributed by atoms with van der Waals surface area (Å²) >= 11 is 12.7. The Hall–Kier alpha value is -2.45. The van der Waals surface area contributed by atoms with Gasteiger partial charge in [-0.3, -0.25) is 14.5 Å². The number of likely N-dealkylation sites (tertiary alicyclic amines) is 1. The van der Waals surface area contributed by atoms with E-state index in [1.807, 2.05) is 11.8 Å². The van der Waals surface area contributed by atoms with Crippen molar-refractivity contribution in [3.05, 3.63) is 44.6 Å². The largest absolute Gasteiger partial charge is 0.489 e. The maximum Gasteiger partial charge on any atom is 0.412 e. The number of halogens is 2. The summed E-state index contributed by atoms with van der Waals surface area (Å²) in [4.78, 5) is 39.8. The van der Waals surface area contributed by atoms with Gasteiger partial charge in [0.1, 0.15) is 5.03 Å². The number of nitrogens with zero attached hydrogens (tertiary/aromatic N) is 3. The smallest absolute Gasteiger partial charge is 0.412 e. The summed E-state index contributed by atoms with van der Waals surface area (Å²) in [5.41, 5.74) is 1.01. The molecule has 3 rings (SSSR count). The van der Waals surface area contributed by atoms with Crippen LogP contribution in [-0.2, 0) is 14.3 Å². The van der Waals surface area contributed by atoms with Crippen LogP contribution >= 0.6 is 23.2 Å². The molecule has 0 saturated carbocycles. The van der Waals surface area contributed by atoms with Crippen LogP contribution in [0.25, 0.3) is 0 Å². The monoisotopic (exact) mass is 482 g/mol. The number of allylic oxidation sites excluding steroid dienone is 4. The molecule has 2 amide bonds. The van der Waals surface area contributed by atoms with Gasteiger partial charge < -0.3 is 14.7 Å². The van der Waals surface area contributed by atoms with Gasteiger partial charge in [0.25, 0.3) is 0 Å². The molecule has 10 heteroatoms. The van der Waals surface area contributed by atoms with Gasteiger partial charge in [0.15, 0.2) is 11.6 Å². The first-order valence-electron chi connectivity index (χ1n) is 10.6. The molecule has 0 spiro atoms. The van der Waals surface area contributed by atoms with Gasteiger partial charge >= 0.3 is 6.09 Å². The van der Waals surface area contributed by atoms with Crippen molar-refractivity contribution in [3.63, 3.8) is 0 Å². The third kappa shape index (κ3) is 4.81. The van der Waals surface area contributed by atoms with Gasteiger partial charge in [-0.25, -0.2) is 10.1 Å². The van der Waals surface area contributed by atoms with Crippen LogP contribution < -0.4 is 5.32 Å². The summed E-state index contributed by atoms with van der Waals surface area (Å²) < 4.78 is 5.96. The number of hydrogen-bond acceptors (Lipinski definition) is 4. The van der Waals surface area contributed by atoms with Gasteiger partial charge in [-0.1, -0.05) is 36.5 Å². The number of carboxylic acid groups (broad SMARTS) is 1. The zero-order chi connectivity index (χ0) is 23.4. The molecule has 0 aromatic rings. The van der Waals surface area contributed by atoms with Gasteiger partial charge in [0.2, 0.25) is 11.7 Å².